The number of nitro groups is 1. The van der Waals surface area contributed by atoms with Gasteiger partial charge in [-0.25, -0.2) is 0 Å². The number of nitrogens with one attached hydrogen (secondary N) is 1. The zero-order valence-electron chi connectivity index (χ0n) is 10.7. The van der Waals surface area contributed by atoms with Crippen molar-refractivity contribution in [1.29, 1.82) is 0 Å². The summed E-state index contributed by atoms with van der Waals surface area (Å²) in [5.74, 6) is 0. The van der Waals surface area contributed by atoms with E-state index in [1.807, 2.05) is 6.92 Å². The summed E-state index contributed by atoms with van der Waals surface area (Å²) < 4.78 is 1.44. The van der Waals surface area contributed by atoms with Gasteiger partial charge >= 0.3 is 5.69 Å². The standard InChI is InChI=1S/C10H18N4O4/c1-4-18-11-5-9(15)6-13-8(3)10(14(16)17)7(2)12-13/h9,11,15H,4-6H2,1-3H3. The van der Waals surface area contributed by atoms with Gasteiger partial charge in [-0.3, -0.25) is 14.8 Å². The lowest BCUT2D eigenvalue weighted by atomic mass is 10.3. The zero-order chi connectivity index (χ0) is 13.7. The van der Waals surface area contributed by atoms with Gasteiger partial charge < -0.3 is 9.94 Å². The lowest BCUT2D eigenvalue weighted by molar-refractivity contribution is -0.386. The Morgan fingerprint density at radius 3 is 2.78 bits per heavy atom. The molecule has 0 bridgehead atoms. The molecule has 0 amide bonds. The van der Waals surface area contributed by atoms with Crippen LogP contribution in [0.5, 0.6) is 0 Å². The van der Waals surface area contributed by atoms with Gasteiger partial charge in [0, 0.05) is 6.54 Å². The zero-order valence-corrected chi connectivity index (χ0v) is 10.7. The van der Waals surface area contributed by atoms with Crippen molar-refractivity contribution in [2.45, 2.75) is 33.4 Å². The Balaban J connectivity index is 2.68. The van der Waals surface area contributed by atoms with E-state index < -0.39 is 11.0 Å². The summed E-state index contributed by atoms with van der Waals surface area (Å²) in [7, 11) is 0. The fourth-order valence-electron chi connectivity index (χ4n) is 1.65. The molecule has 1 rings (SSSR count). The van der Waals surface area contributed by atoms with E-state index in [0.717, 1.165) is 0 Å². The van der Waals surface area contributed by atoms with Gasteiger partial charge in [0.25, 0.3) is 0 Å². The van der Waals surface area contributed by atoms with Gasteiger partial charge in [-0.2, -0.15) is 10.6 Å². The second-order valence-corrected chi connectivity index (χ2v) is 3.89. The molecule has 8 nitrogen and oxygen atoms in total. The number of aryl methyl sites for hydroxylation is 1. The van der Waals surface area contributed by atoms with Crippen molar-refractivity contribution in [2.24, 2.45) is 0 Å². The summed E-state index contributed by atoms with van der Waals surface area (Å²) >= 11 is 0. The highest BCUT2D eigenvalue weighted by atomic mass is 16.6. The van der Waals surface area contributed by atoms with E-state index in [1.165, 1.54) is 4.68 Å². The van der Waals surface area contributed by atoms with Gasteiger partial charge in [0.1, 0.15) is 11.4 Å². The van der Waals surface area contributed by atoms with Crippen LogP contribution >= 0.6 is 0 Å². The van der Waals surface area contributed by atoms with E-state index in [-0.39, 0.29) is 18.8 Å². The fourth-order valence-corrected chi connectivity index (χ4v) is 1.65. The van der Waals surface area contributed by atoms with Crippen molar-refractivity contribution >= 4 is 5.69 Å². The Bertz CT molecular complexity index is 418. The summed E-state index contributed by atoms with van der Waals surface area (Å²) in [6.45, 7) is 5.93. The lowest BCUT2D eigenvalue weighted by Gasteiger charge is -2.12. The molecule has 0 spiro atoms. The van der Waals surface area contributed by atoms with Gasteiger partial charge in [-0.05, 0) is 20.8 Å². The third-order valence-electron chi connectivity index (χ3n) is 2.47. The van der Waals surface area contributed by atoms with E-state index >= 15 is 0 Å². The topological polar surface area (TPSA) is 102 Å². The first-order chi connectivity index (χ1) is 8.47. The monoisotopic (exact) mass is 258 g/mol. The molecule has 2 N–H and O–H groups in total. The number of hydroxylamine groups is 1. The van der Waals surface area contributed by atoms with Crippen LogP contribution < -0.4 is 5.48 Å². The first kappa shape index (κ1) is 14.6. The average Bonchev–Trinajstić information content (AvgIpc) is 2.54. The number of hydrogen-bond acceptors (Lipinski definition) is 6. The molecule has 0 aromatic carbocycles. The van der Waals surface area contributed by atoms with Crippen LogP contribution in [0, 0.1) is 24.0 Å². The molecule has 0 saturated carbocycles. The van der Waals surface area contributed by atoms with Crippen molar-refractivity contribution in [3.05, 3.63) is 21.5 Å². The van der Waals surface area contributed by atoms with Crippen molar-refractivity contribution < 1.29 is 14.9 Å². The molecule has 1 unspecified atom stereocenters. The molecule has 0 radical (unpaired) electrons. The molecule has 8 heteroatoms. The smallest absolute Gasteiger partial charge is 0.312 e. The molecule has 0 aliphatic rings. The maximum absolute atomic E-state index is 10.8. The highest BCUT2D eigenvalue weighted by Crippen LogP contribution is 2.21. The van der Waals surface area contributed by atoms with Crippen molar-refractivity contribution in [3.8, 4) is 0 Å². The highest BCUT2D eigenvalue weighted by molar-refractivity contribution is 5.39. The quantitative estimate of drug-likeness (QED) is 0.414. The van der Waals surface area contributed by atoms with Crippen molar-refractivity contribution in [1.82, 2.24) is 15.3 Å². The van der Waals surface area contributed by atoms with Gasteiger partial charge in [0.15, 0.2) is 0 Å². The minimum Gasteiger partial charge on any atom is -0.390 e. The van der Waals surface area contributed by atoms with Crippen LogP contribution in [0.4, 0.5) is 5.69 Å². The van der Waals surface area contributed by atoms with E-state index in [0.29, 0.717) is 18.0 Å². The number of hydrogen-bond donors (Lipinski definition) is 2. The largest absolute Gasteiger partial charge is 0.390 e. The molecule has 102 valence electrons. The summed E-state index contributed by atoms with van der Waals surface area (Å²) in [6.07, 6.45) is -0.728. The fraction of sp³-hybridized carbons (Fsp3) is 0.700. The van der Waals surface area contributed by atoms with Crippen molar-refractivity contribution in [2.75, 3.05) is 13.2 Å². The predicted octanol–water partition coefficient (Wildman–Crippen LogP) is 0.310. The number of aliphatic hydroxyl groups is 1. The normalized spacial score (nSPS) is 12.7. The molecule has 0 saturated heterocycles. The van der Waals surface area contributed by atoms with Crippen molar-refractivity contribution in [3.63, 3.8) is 0 Å². The van der Waals surface area contributed by atoms with Crippen LogP contribution in [0.25, 0.3) is 0 Å². The number of aliphatic hydroxyl groups excluding tert-OH is 1. The Hall–Kier alpha value is -1.51. The first-order valence-corrected chi connectivity index (χ1v) is 5.68. The van der Waals surface area contributed by atoms with E-state index in [1.54, 1.807) is 13.8 Å². The van der Waals surface area contributed by atoms with Crippen LogP contribution in [0.2, 0.25) is 0 Å². The average molecular weight is 258 g/mol. The van der Waals surface area contributed by atoms with Gasteiger partial charge in [0.05, 0.1) is 24.2 Å². The third-order valence-corrected chi connectivity index (χ3v) is 2.47. The predicted molar refractivity (Wildman–Crippen MR) is 64.0 cm³/mol. The van der Waals surface area contributed by atoms with E-state index in [4.69, 9.17) is 4.84 Å². The maximum Gasteiger partial charge on any atom is 0.312 e. The summed E-state index contributed by atoms with van der Waals surface area (Å²) in [4.78, 5) is 15.2. The van der Waals surface area contributed by atoms with Crippen LogP contribution in [0.1, 0.15) is 18.3 Å². The van der Waals surface area contributed by atoms with E-state index in [9.17, 15) is 15.2 Å². The minimum absolute atomic E-state index is 0.0000302. The Labute approximate surface area is 105 Å². The van der Waals surface area contributed by atoms with Crippen LogP contribution in [-0.2, 0) is 11.4 Å². The van der Waals surface area contributed by atoms with Gasteiger partial charge in [-0.1, -0.05) is 0 Å². The molecule has 0 aliphatic heterocycles. The second-order valence-electron chi connectivity index (χ2n) is 3.89. The first-order valence-electron chi connectivity index (χ1n) is 5.68. The van der Waals surface area contributed by atoms with Gasteiger partial charge in [0.2, 0.25) is 0 Å². The molecule has 0 aliphatic carbocycles. The molecule has 18 heavy (non-hydrogen) atoms. The van der Waals surface area contributed by atoms with E-state index in [2.05, 4.69) is 10.6 Å². The second kappa shape index (κ2) is 6.43. The Morgan fingerprint density at radius 2 is 2.28 bits per heavy atom. The molecule has 1 aromatic rings. The SMILES string of the molecule is CCONCC(O)Cn1nc(C)c([N+](=O)[O-])c1C. The summed E-state index contributed by atoms with van der Waals surface area (Å²) in [6, 6.07) is 0. The summed E-state index contributed by atoms with van der Waals surface area (Å²) in [5, 5.41) is 24.6. The number of rotatable bonds is 7. The maximum atomic E-state index is 10.8. The number of aromatic nitrogens is 2. The van der Waals surface area contributed by atoms with Gasteiger partial charge in [-0.15, -0.1) is 0 Å². The lowest BCUT2D eigenvalue weighted by Crippen LogP contribution is -2.31. The highest BCUT2D eigenvalue weighted by Gasteiger charge is 2.22. The Morgan fingerprint density at radius 1 is 1.61 bits per heavy atom. The minimum atomic E-state index is -0.728. The molecular weight excluding hydrogens is 240 g/mol. The molecular formula is C10H18N4O4. The van der Waals surface area contributed by atoms with Crippen LogP contribution in [0.15, 0.2) is 0 Å². The summed E-state index contributed by atoms with van der Waals surface area (Å²) in [5.41, 5.74) is 3.38. The van der Waals surface area contributed by atoms with Crippen LogP contribution in [-0.4, -0.2) is 39.1 Å². The molecule has 1 heterocycles. The third kappa shape index (κ3) is 3.49. The molecule has 1 aromatic heterocycles. The molecule has 0 fully saturated rings. The number of nitrogens with zero attached hydrogens (tertiary/aromatic N) is 3. The molecule has 1 atom stereocenters. The Kier molecular flexibility index (Phi) is 5.20. The van der Waals surface area contributed by atoms with Crippen LogP contribution in [0.3, 0.4) is 0 Å².